The third-order valence-corrected chi connectivity index (χ3v) is 5.61. The van der Waals surface area contributed by atoms with E-state index in [0.717, 1.165) is 27.5 Å². The fourth-order valence-electron chi connectivity index (χ4n) is 2.84. The highest BCUT2D eigenvalue weighted by Gasteiger charge is 2.22. The summed E-state index contributed by atoms with van der Waals surface area (Å²) in [5, 5.41) is 0.776. The lowest BCUT2D eigenvalue weighted by atomic mass is 10.1. The molecular formula is C21H26N3OS+. The Morgan fingerprint density at radius 1 is 1.12 bits per heavy atom. The summed E-state index contributed by atoms with van der Waals surface area (Å²) < 4.78 is 1.13. The van der Waals surface area contributed by atoms with Crippen molar-refractivity contribution < 1.29 is 9.69 Å². The predicted molar refractivity (Wildman–Crippen MR) is 110 cm³/mol. The van der Waals surface area contributed by atoms with Crippen molar-refractivity contribution in [2.24, 2.45) is 0 Å². The van der Waals surface area contributed by atoms with Crippen molar-refractivity contribution in [3.63, 3.8) is 0 Å². The van der Waals surface area contributed by atoms with Crippen LogP contribution in [0.5, 0.6) is 0 Å². The molecule has 0 fully saturated rings. The third kappa shape index (κ3) is 3.94. The Balaban J connectivity index is 2.01. The van der Waals surface area contributed by atoms with Gasteiger partial charge in [0.1, 0.15) is 0 Å². The van der Waals surface area contributed by atoms with Gasteiger partial charge in [-0.2, -0.15) is 0 Å². The summed E-state index contributed by atoms with van der Waals surface area (Å²) in [5.41, 5.74) is 5.24. The van der Waals surface area contributed by atoms with E-state index >= 15 is 0 Å². The van der Waals surface area contributed by atoms with Crippen LogP contribution in [0.25, 0.3) is 10.2 Å². The van der Waals surface area contributed by atoms with Crippen LogP contribution in [0.1, 0.15) is 27.0 Å². The number of quaternary nitrogens is 1. The van der Waals surface area contributed by atoms with Gasteiger partial charge in [0.2, 0.25) is 0 Å². The van der Waals surface area contributed by atoms with Gasteiger partial charge in [0, 0.05) is 5.56 Å². The third-order valence-electron chi connectivity index (χ3n) is 4.57. The van der Waals surface area contributed by atoms with Crippen molar-refractivity contribution in [1.82, 2.24) is 4.98 Å². The van der Waals surface area contributed by atoms with Gasteiger partial charge in [0.05, 0.1) is 37.4 Å². The monoisotopic (exact) mass is 368 g/mol. The number of nitrogens with zero attached hydrogens (tertiary/aromatic N) is 2. The first-order valence-electron chi connectivity index (χ1n) is 8.90. The molecule has 0 aliphatic rings. The number of thiazole rings is 1. The summed E-state index contributed by atoms with van der Waals surface area (Å²) >= 11 is 1.59. The molecule has 1 aromatic heterocycles. The molecule has 3 aromatic rings. The molecule has 3 rings (SSSR count). The second kappa shape index (κ2) is 7.56. The van der Waals surface area contributed by atoms with E-state index in [-0.39, 0.29) is 5.91 Å². The van der Waals surface area contributed by atoms with Gasteiger partial charge in [-0.05, 0) is 56.2 Å². The molecule has 1 heterocycles. The largest absolute Gasteiger partial charge is 0.338 e. The molecule has 1 N–H and O–H groups in total. The first-order valence-corrected chi connectivity index (χ1v) is 9.72. The fourth-order valence-corrected chi connectivity index (χ4v) is 3.91. The number of aromatic nitrogens is 1. The number of likely N-dealkylation sites (N-methyl/N-ethyl adjacent to an activating group) is 1. The van der Waals surface area contributed by atoms with Gasteiger partial charge in [-0.1, -0.05) is 29.0 Å². The highest BCUT2D eigenvalue weighted by molar-refractivity contribution is 7.22. The van der Waals surface area contributed by atoms with Crippen molar-refractivity contribution >= 4 is 32.6 Å². The quantitative estimate of drug-likeness (QED) is 0.752. The molecule has 0 unspecified atom stereocenters. The van der Waals surface area contributed by atoms with Crippen LogP contribution in [0.4, 0.5) is 5.13 Å². The lowest BCUT2D eigenvalue weighted by Gasteiger charge is -2.21. The van der Waals surface area contributed by atoms with Crippen LogP contribution in [-0.2, 0) is 0 Å². The number of carbonyl (C=O) groups is 1. The molecule has 0 bridgehead atoms. The number of hydrogen-bond acceptors (Lipinski definition) is 3. The van der Waals surface area contributed by atoms with Crippen molar-refractivity contribution in [3.05, 3.63) is 58.7 Å². The zero-order valence-corrected chi connectivity index (χ0v) is 16.9. The predicted octanol–water partition coefficient (Wildman–Crippen LogP) is 3.01. The second-order valence-corrected chi connectivity index (χ2v) is 8.19. The van der Waals surface area contributed by atoms with Gasteiger partial charge >= 0.3 is 0 Å². The molecule has 1 amide bonds. The Morgan fingerprint density at radius 3 is 2.54 bits per heavy atom. The van der Waals surface area contributed by atoms with Crippen LogP contribution in [-0.4, -0.2) is 38.1 Å². The SMILES string of the molecule is Cc1cccc(C(=O)N(CC[NH+](C)C)c2nc3cc(C)c(C)cc3s2)c1. The van der Waals surface area contributed by atoms with Gasteiger partial charge in [-0.3, -0.25) is 9.69 Å². The number of carbonyl (C=O) groups excluding carboxylic acids is 1. The average Bonchev–Trinajstić information content (AvgIpc) is 2.97. The molecule has 0 saturated carbocycles. The lowest BCUT2D eigenvalue weighted by Crippen LogP contribution is -3.06. The van der Waals surface area contributed by atoms with Gasteiger partial charge in [-0.25, -0.2) is 4.98 Å². The van der Waals surface area contributed by atoms with E-state index in [1.54, 1.807) is 11.3 Å². The highest BCUT2D eigenvalue weighted by atomic mass is 32.1. The maximum Gasteiger partial charge on any atom is 0.260 e. The summed E-state index contributed by atoms with van der Waals surface area (Å²) in [6.07, 6.45) is 0. The van der Waals surface area contributed by atoms with E-state index in [2.05, 4.69) is 40.1 Å². The van der Waals surface area contributed by atoms with Crippen molar-refractivity contribution in [3.8, 4) is 0 Å². The minimum absolute atomic E-state index is 0.0162. The molecular weight excluding hydrogens is 342 g/mol. The summed E-state index contributed by atoms with van der Waals surface area (Å²) in [6.45, 7) is 7.73. The molecule has 2 aromatic carbocycles. The Bertz CT molecular complexity index is 907. The normalized spacial score (nSPS) is 11.3. The number of aryl methyl sites for hydroxylation is 3. The minimum Gasteiger partial charge on any atom is -0.338 e. The maximum atomic E-state index is 13.2. The molecule has 4 nitrogen and oxygen atoms in total. The Kier molecular flexibility index (Phi) is 5.39. The molecule has 26 heavy (non-hydrogen) atoms. The number of benzene rings is 2. The van der Waals surface area contributed by atoms with Gasteiger partial charge < -0.3 is 4.90 Å². The number of fused-ring (bicyclic) bond motifs is 1. The van der Waals surface area contributed by atoms with Crippen LogP contribution < -0.4 is 9.80 Å². The number of hydrogen-bond donors (Lipinski definition) is 1. The van der Waals surface area contributed by atoms with Gasteiger partial charge in [-0.15, -0.1) is 0 Å². The summed E-state index contributed by atoms with van der Waals surface area (Å²) in [5.74, 6) is 0.0162. The molecule has 0 saturated heterocycles. The highest BCUT2D eigenvalue weighted by Crippen LogP contribution is 2.31. The molecule has 0 radical (unpaired) electrons. The number of rotatable bonds is 5. The van der Waals surface area contributed by atoms with Gasteiger partial charge in [0.25, 0.3) is 5.91 Å². The second-order valence-electron chi connectivity index (χ2n) is 7.18. The van der Waals surface area contributed by atoms with Gasteiger partial charge in [0.15, 0.2) is 5.13 Å². The van der Waals surface area contributed by atoms with E-state index in [1.807, 2.05) is 36.1 Å². The molecule has 0 atom stereocenters. The van der Waals surface area contributed by atoms with Crippen molar-refractivity contribution in [1.29, 1.82) is 0 Å². The van der Waals surface area contributed by atoms with E-state index in [9.17, 15) is 4.79 Å². The Morgan fingerprint density at radius 2 is 1.85 bits per heavy atom. The van der Waals surface area contributed by atoms with Crippen LogP contribution in [0.2, 0.25) is 0 Å². The Labute approximate surface area is 159 Å². The molecule has 5 heteroatoms. The van der Waals surface area contributed by atoms with Crippen molar-refractivity contribution in [2.75, 3.05) is 32.1 Å². The number of nitrogens with one attached hydrogen (secondary N) is 1. The smallest absolute Gasteiger partial charge is 0.260 e. The molecule has 0 aliphatic carbocycles. The minimum atomic E-state index is 0.0162. The fraction of sp³-hybridized carbons (Fsp3) is 0.333. The van der Waals surface area contributed by atoms with Crippen LogP contribution in [0, 0.1) is 20.8 Å². The van der Waals surface area contributed by atoms with E-state index in [1.165, 1.54) is 16.0 Å². The van der Waals surface area contributed by atoms with Crippen molar-refractivity contribution in [2.45, 2.75) is 20.8 Å². The van der Waals surface area contributed by atoms with E-state index in [0.29, 0.717) is 12.1 Å². The first-order chi connectivity index (χ1) is 12.3. The van der Waals surface area contributed by atoms with E-state index < -0.39 is 0 Å². The summed E-state index contributed by atoms with van der Waals surface area (Å²) in [6, 6.07) is 12.0. The lowest BCUT2D eigenvalue weighted by molar-refractivity contribution is -0.856. The zero-order chi connectivity index (χ0) is 18.8. The topological polar surface area (TPSA) is 37.6 Å². The maximum absolute atomic E-state index is 13.2. The van der Waals surface area contributed by atoms with Crippen LogP contribution in [0.3, 0.4) is 0 Å². The van der Waals surface area contributed by atoms with Crippen LogP contribution >= 0.6 is 11.3 Å². The number of anilines is 1. The average molecular weight is 369 g/mol. The zero-order valence-electron chi connectivity index (χ0n) is 16.1. The Hall–Kier alpha value is -2.24. The number of amides is 1. The van der Waals surface area contributed by atoms with Crippen LogP contribution in [0.15, 0.2) is 36.4 Å². The summed E-state index contributed by atoms with van der Waals surface area (Å²) in [7, 11) is 4.20. The molecule has 0 aliphatic heterocycles. The summed E-state index contributed by atoms with van der Waals surface area (Å²) in [4.78, 5) is 21.1. The van der Waals surface area contributed by atoms with E-state index in [4.69, 9.17) is 4.98 Å². The first kappa shape index (κ1) is 18.5. The molecule has 136 valence electrons. The molecule has 0 spiro atoms. The standard InChI is InChI=1S/C21H25N3OS/c1-14-7-6-8-17(11-14)20(25)24(10-9-23(4)5)21-22-18-12-15(2)16(3)13-19(18)26-21/h6-8,11-13H,9-10H2,1-5H3/p+1.